The van der Waals surface area contributed by atoms with Gasteiger partial charge in [-0.15, -0.1) is 0 Å². The standard InChI is InChI=1S/C15H11NOS/c1-2-7-13(8-3-1)17-15-11-10-12-6-4-5-9-14(12)18-16-15/h1-11H. The first-order valence-corrected chi connectivity index (χ1v) is 6.44. The molecule has 3 heteroatoms. The molecule has 3 rings (SSSR count). The number of para-hydroxylation sites is 1. The van der Waals surface area contributed by atoms with Crippen LogP contribution in [0.1, 0.15) is 5.56 Å². The minimum absolute atomic E-state index is 0.613. The topological polar surface area (TPSA) is 21.6 Å². The third-order valence-electron chi connectivity index (χ3n) is 2.52. The van der Waals surface area contributed by atoms with E-state index in [9.17, 15) is 0 Å². The number of nitrogens with zero attached hydrogens (tertiary/aromatic N) is 1. The van der Waals surface area contributed by atoms with Crippen molar-refractivity contribution < 1.29 is 4.74 Å². The van der Waals surface area contributed by atoms with Crippen molar-refractivity contribution >= 4 is 23.9 Å². The lowest BCUT2D eigenvalue weighted by molar-refractivity contribution is 0.558. The van der Waals surface area contributed by atoms with E-state index in [4.69, 9.17) is 4.74 Å². The van der Waals surface area contributed by atoms with Crippen LogP contribution in [0, 0.1) is 0 Å². The molecule has 0 atom stereocenters. The molecule has 0 saturated carbocycles. The lowest BCUT2D eigenvalue weighted by atomic mass is 10.2. The smallest absolute Gasteiger partial charge is 0.226 e. The van der Waals surface area contributed by atoms with Crippen LogP contribution < -0.4 is 4.74 Å². The van der Waals surface area contributed by atoms with Crippen molar-refractivity contribution in [3.63, 3.8) is 0 Å². The van der Waals surface area contributed by atoms with Crippen molar-refractivity contribution in [2.24, 2.45) is 4.40 Å². The van der Waals surface area contributed by atoms with Crippen LogP contribution in [0.5, 0.6) is 5.75 Å². The number of benzene rings is 2. The summed E-state index contributed by atoms with van der Waals surface area (Å²) in [5.41, 5.74) is 1.16. The van der Waals surface area contributed by atoms with Gasteiger partial charge >= 0.3 is 0 Å². The van der Waals surface area contributed by atoms with Crippen LogP contribution in [0.2, 0.25) is 0 Å². The van der Waals surface area contributed by atoms with E-state index >= 15 is 0 Å². The summed E-state index contributed by atoms with van der Waals surface area (Å²) in [7, 11) is 0. The first-order chi connectivity index (χ1) is 8.92. The van der Waals surface area contributed by atoms with Gasteiger partial charge in [0, 0.05) is 22.9 Å². The second-order valence-corrected chi connectivity index (χ2v) is 4.61. The highest BCUT2D eigenvalue weighted by atomic mass is 32.2. The largest absolute Gasteiger partial charge is 0.438 e. The molecule has 0 aliphatic carbocycles. The Bertz CT molecular complexity index is 605. The maximum absolute atomic E-state index is 5.71. The second-order valence-electron chi connectivity index (χ2n) is 3.81. The molecular formula is C15H11NOS. The fraction of sp³-hybridized carbons (Fsp3) is 0. The number of ether oxygens (including phenoxy) is 1. The van der Waals surface area contributed by atoms with E-state index in [0.29, 0.717) is 5.90 Å². The van der Waals surface area contributed by atoms with Gasteiger partial charge < -0.3 is 4.74 Å². The summed E-state index contributed by atoms with van der Waals surface area (Å²) in [5.74, 6) is 1.41. The number of hydrogen-bond acceptors (Lipinski definition) is 3. The van der Waals surface area contributed by atoms with Gasteiger partial charge in [-0.25, -0.2) is 0 Å². The van der Waals surface area contributed by atoms with Gasteiger partial charge in [-0.05, 0) is 29.8 Å². The van der Waals surface area contributed by atoms with Crippen LogP contribution in [0.3, 0.4) is 0 Å². The third kappa shape index (κ3) is 2.46. The lowest BCUT2D eigenvalue weighted by Crippen LogP contribution is -2.03. The lowest BCUT2D eigenvalue weighted by Gasteiger charge is -2.03. The van der Waals surface area contributed by atoms with Crippen LogP contribution in [0.15, 0.2) is 70.0 Å². The highest BCUT2D eigenvalue weighted by molar-refractivity contribution is 7.98. The Hall–Kier alpha value is -2.00. The highest BCUT2D eigenvalue weighted by Gasteiger charge is 2.06. The van der Waals surface area contributed by atoms with Crippen LogP contribution in [-0.4, -0.2) is 5.90 Å². The molecule has 18 heavy (non-hydrogen) atoms. The molecule has 0 saturated heterocycles. The highest BCUT2D eigenvalue weighted by Crippen LogP contribution is 2.27. The van der Waals surface area contributed by atoms with Crippen molar-refractivity contribution in [2.45, 2.75) is 4.90 Å². The Morgan fingerprint density at radius 3 is 2.50 bits per heavy atom. The fourth-order valence-corrected chi connectivity index (χ4v) is 2.32. The van der Waals surface area contributed by atoms with Gasteiger partial charge in [0.2, 0.25) is 5.90 Å². The van der Waals surface area contributed by atoms with E-state index in [2.05, 4.69) is 16.5 Å². The second kappa shape index (κ2) is 5.10. The summed E-state index contributed by atoms with van der Waals surface area (Å²) in [5, 5.41) is 0. The molecule has 1 aliphatic heterocycles. The summed E-state index contributed by atoms with van der Waals surface area (Å²) in [6.07, 6.45) is 3.92. The van der Waals surface area contributed by atoms with Crippen molar-refractivity contribution in [3.8, 4) is 5.75 Å². The predicted octanol–water partition coefficient (Wildman–Crippen LogP) is 4.20. The number of hydrogen-bond donors (Lipinski definition) is 0. The van der Waals surface area contributed by atoms with E-state index in [1.807, 2.05) is 54.6 Å². The summed E-state index contributed by atoms with van der Waals surface area (Å²) >= 11 is 1.44. The van der Waals surface area contributed by atoms with E-state index in [1.165, 1.54) is 11.9 Å². The molecule has 1 aliphatic rings. The molecule has 88 valence electrons. The molecule has 0 spiro atoms. The van der Waals surface area contributed by atoms with Gasteiger partial charge in [0.15, 0.2) is 0 Å². The average Bonchev–Trinajstić information content (AvgIpc) is 2.63. The average molecular weight is 253 g/mol. The molecule has 2 nitrogen and oxygen atoms in total. The summed E-state index contributed by atoms with van der Waals surface area (Å²) in [6.45, 7) is 0. The molecule has 0 amide bonds. The minimum Gasteiger partial charge on any atom is -0.438 e. The molecule has 0 bridgehead atoms. The van der Waals surface area contributed by atoms with E-state index < -0.39 is 0 Å². The van der Waals surface area contributed by atoms with Gasteiger partial charge in [-0.2, -0.15) is 4.40 Å². The van der Waals surface area contributed by atoms with E-state index in [-0.39, 0.29) is 0 Å². The molecule has 1 heterocycles. The Kier molecular flexibility index (Phi) is 3.15. The Labute approximate surface area is 110 Å². The van der Waals surface area contributed by atoms with Crippen LogP contribution >= 0.6 is 11.9 Å². The van der Waals surface area contributed by atoms with Crippen molar-refractivity contribution in [3.05, 3.63) is 66.2 Å². The Balaban J connectivity index is 1.83. The first kappa shape index (κ1) is 11.1. The zero-order valence-electron chi connectivity index (χ0n) is 9.61. The SMILES string of the molecule is C1=Cc2ccccc2SN=C1Oc1ccccc1. The molecule has 2 aromatic carbocycles. The fourth-order valence-electron chi connectivity index (χ4n) is 1.65. The molecule has 0 unspecified atom stereocenters. The van der Waals surface area contributed by atoms with Crippen LogP contribution in [0.4, 0.5) is 0 Å². The van der Waals surface area contributed by atoms with Crippen LogP contribution in [0.25, 0.3) is 6.08 Å². The van der Waals surface area contributed by atoms with E-state index in [1.54, 1.807) is 0 Å². The Morgan fingerprint density at radius 2 is 1.61 bits per heavy atom. The van der Waals surface area contributed by atoms with Gasteiger partial charge in [-0.3, -0.25) is 0 Å². The normalized spacial score (nSPS) is 13.4. The van der Waals surface area contributed by atoms with Gasteiger partial charge in [0.25, 0.3) is 0 Å². The molecule has 0 N–H and O–H groups in total. The van der Waals surface area contributed by atoms with Gasteiger partial charge in [0.05, 0.1) is 0 Å². The summed E-state index contributed by atoms with van der Waals surface area (Å²) < 4.78 is 10.1. The third-order valence-corrected chi connectivity index (χ3v) is 3.36. The first-order valence-electron chi connectivity index (χ1n) is 5.67. The molecule has 0 radical (unpaired) electrons. The monoisotopic (exact) mass is 253 g/mol. The molecule has 0 fully saturated rings. The van der Waals surface area contributed by atoms with Crippen molar-refractivity contribution in [1.29, 1.82) is 0 Å². The van der Waals surface area contributed by atoms with Crippen LogP contribution in [-0.2, 0) is 0 Å². The maximum atomic E-state index is 5.71. The molecule has 0 aromatic heterocycles. The molecular weight excluding hydrogens is 242 g/mol. The zero-order chi connectivity index (χ0) is 12.2. The quantitative estimate of drug-likeness (QED) is 0.710. The predicted molar refractivity (Wildman–Crippen MR) is 75.8 cm³/mol. The Morgan fingerprint density at radius 1 is 0.833 bits per heavy atom. The van der Waals surface area contributed by atoms with E-state index in [0.717, 1.165) is 16.2 Å². The summed E-state index contributed by atoms with van der Waals surface area (Å²) in [6, 6.07) is 17.8. The van der Waals surface area contributed by atoms with Crippen molar-refractivity contribution in [1.82, 2.24) is 0 Å². The van der Waals surface area contributed by atoms with Gasteiger partial charge in [-0.1, -0.05) is 36.4 Å². The number of fused-ring (bicyclic) bond motifs is 1. The minimum atomic E-state index is 0.613. The summed E-state index contributed by atoms with van der Waals surface area (Å²) in [4.78, 5) is 1.14. The number of rotatable bonds is 1. The molecule has 2 aromatic rings. The van der Waals surface area contributed by atoms with Crippen molar-refractivity contribution in [2.75, 3.05) is 0 Å². The zero-order valence-corrected chi connectivity index (χ0v) is 10.4. The van der Waals surface area contributed by atoms with Gasteiger partial charge in [0.1, 0.15) is 5.75 Å². The maximum Gasteiger partial charge on any atom is 0.226 e.